The van der Waals surface area contributed by atoms with Crippen molar-refractivity contribution in [3.05, 3.63) is 108 Å². The van der Waals surface area contributed by atoms with Crippen LogP contribution in [0.15, 0.2) is 91.0 Å². The second kappa shape index (κ2) is 26.6. The van der Waals surface area contributed by atoms with Gasteiger partial charge in [-0.05, 0) is 29.5 Å². The maximum atomic E-state index is 14.8. The maximum Gasteiger partial charge on any atom is 0.475 e. The average Bonchev–Trinajstić information content (AvgIpc) is 3.29. The Hall–Kier alpha value is -2.28. The van der Waals surface area contributed by atoms with Crippen molar-refractivity contribution in [3.63, 3.8) is 0 Å². The van der Waals surface area contributed by atoms with E-state index < -0.39 is 58.7 Å². The Morgan fingerprint density at radius 2 is 0.758 bits per heavy atom. The number of hydrogen-bond acceptors (Lipinski definition) is 12. The van der Waals surface area contributed by atoms with E-state index in [0.29, 0.717) is 12.8 Å². The highest BCUT2D eigenvalue weighted by molar-refractivity contribution is 7.48. The Morgan fingerprint density at radius 1 is 0.419 bits per heavy atom. The molecule has 344 valence electrons. The standard InChI is InChI=1S/C48H70O12P2/c1-3-5-7-9-11-13-15-26-34-52-61(49,53-35-27-16-14-12-10-8-6-4-2)59-46-43-42(51-36-39-28-20-17-21-29-39)44-47(45(46)58-48(56-43)57-44)60-62(50,54-37-40-30-22-18-23-31-40)55-38-41-32-24-19-25-33-41/h17-25,28-33,42-48H,3-16,26-27,34-38H2,1-2H3/t42-,43-,44+,45-,46+,47+,48?/m1/s1. The van der Waals surface area contributed by atoms with E-state index in [0.717, 1.165) is 55.2 Å². The summed E-state index contributed by atoms with van der Waals surface area (Å²) in [5.74, 6) is 0. The number of hydrogen-bond donors (Lipinski definition) is 0. The first-order valence-electron chi connectivity index (χ1n) is 23.2. The summed E-state index contributed by atoms with van der Waals surface area (Å²) in [4.78, 5) is 0. The Bertz CT molecular complexity index is 1680. The summed E-state index contributed by atoms with van der Waals surface area (Å²) in [5, 5.41) is 0. The molecular weight excluding hydrogens is 830 g/mol. The van der Waals surface area contributed by atoms with Gasteiger partial charge >= 0.3 is 15.6 Å². The van der Waals surface area contributed by atoms with Crippen LogP contribution in [0.25, 0.3) is 0 Å². The smallest absolute Gasteiger partial charge is 0.368 e. The van der Waals surface area contributed by atoms with E-state index in [1.807, 2.05) is 91.0 Å². The first-order valence-corrected chi connectivity index (χ1v) is 26.2. The van der Waals surface area contributed by atoms with Crippen LogP contribution in [0.4, 0.5) is 0 Å². The molecule has 0 radical (unpaired) electrons. The van der Waals surface area contributed by atoms with E-state index in [-0.39, 0.29) is 33.0 Å². The molecule has 7 rings (SSSR count). The van der Waals surface area contributed by atoms with E-state index in [2.05, 4.69) is 13.8 Å². The van der Waals surface area contributed by atoms with Gasteiger partial charge in [-0.1, -0.05) is 195 Å². The first kappa shape index (κ1) is 49.2. The summed E-state index contributed by atoms with van der Waals surface area (Å²) in [7, 11) is -8.60. The molecule has 1 unspecified atom stereocenters. The zero-order valence-electron chi connectivity index (χ0n) is 36.8. The lowest BCUT2D eigenvalue weighted by molar-refractivity contribution is -0.480. The van der Waals surface area contributed by atoms with Crippen molar-refractivity contribution >= 4 is 15.6 Å². The fourth-order valence-corrected chi connectivity index (χ4v) is 10.8. The lowest BCUT2D eigenvalue weighted by Crippen LogP contribution is -2.76. The van der Waals surface area contributed by atoms with E-state index in [9.17, 15) is 9.13 Å². The molecule has 3 saturated heterocycles. The molecule has 0 N–H and O–H groups in total. The predicted molar refractivity (Wildman–Crippen MR) is 238 cm³/mol. The second-order valence-corrected chi connectivity index (χ2v) is 19.8. The largest absolute Gasteiger partial charge is 0.475 e. The van der Waals surface area contributed by atoms with Crippen LogP contribution in [0.5, 0.6) is 0 Å². The summed E-state index contributed by atoms with van der Waals surface area (Å²) >= 11 is 0. The number of benzene rings is 3. The minimum atomic E-state index is -4.38. The summed E-state index contributed by atoms with van der Waals surface area (Å²) < 4.78 is 92.3. The fourth-order valence-electron chi connectivity index (χ4n) is 8.04. The van der Waals surface area contributed by atoms with Crippen LogP contribution in [0.3, 0.4) is 0 Å². The van der Waals surface area contributed by atoms with Crippen molar-refractivity contribution in [2.24, 2.45) is 0 Å². The van der Waals surface area contributed by atoms with Gasteiger partial charge in [-0.15, -0.1) is 0 Å². The number of phosphoric ester groups is 2. The molecule has 62 heavy (non-hydrogen) atoms. The summed E-state index contributed by atoms with van der Waals surface area (Å²) in [5.41, 5.74) is 2.47. The molecule has 0 spiro atoms. The molecule has 4 bridgehead atoms. The molecule has 0 aromatic heterocycles. The van der Waals surface area contributed by atoms with E-state index in [4.69, 9.17) is 46.1 Å². The summed E-state index contributed by atoms with van der Waals surface area (Å²) in [6, 6.07) is 28.4. The molecular formula is C48H70O12P2. The molecule has 4 aliphatic rings. The zero-order chi connectivity index (χ0) is 43.3. The lowest BCUT2D eigenvalue weighted by atomic mass is 9.82. The maximum absolute atomic E-state index is 14.8. The molecule has 3 heterocycles. The molecule has 14 heteroatoms. The third-order valence-corrected chi connectivity index (χ3v) is 14.4. The highest BCUT2D eigenvalue weighted by Gasteiger charge is 2.66. The SMILES string of the molecule is CCCCCCCCCCOP(=O)(OCCCCCCCCCC)O[C@@H]1[C@H]2OC3O[C@@H]1[C@@H](OCc1ccccc1)[C@H](O3)[C@@H]2OP(=O)(OCc1ccccc1)OCc1ccccc1. The fraction of sp³-hybridized carbons (Fsp3) is 0.625. The van der Waals surface area contributed by atoms with Crippen molar-refractivity contribution in [3.8, 4) is 0 Å². The Labute approximate surface area is 370 Å². The Balaban J connectivity index is 1.21. The lowest BCUT2D eigenvalue weighted by Gasteiger charge is -2.58. The second-order valence-electron chi connectivity index (χ2n) is 16.5. The molecule has 3 aromatic rings. The van der Waals surface area contributed by atoms with Gasteiger partial charge in [-0.3, -0.25) is 27.1 Å². The zero-order valence-corrected chi connectivity index (χ0v) is 38.6. The molecule has 0 amide bonds. The van der Waals surface area contributed by atoms with Crippen LogP contribution in [-0.4, -0.2) is 56.3 Å². The van der Waals surface area contributed by atoms with Crippen LogP contribution in [0, 0.1) is 0 Å². The number of phosphoric acid groups is 2. The van der Waals surface area contributed by atoms with Gasteiger partial charge < -0.3 is 18.9 Å². The molecule has 1 aliphatic carbocycles. The minimum absolute atomic E-state index is 0.0484. The molecule has 12 nitrogen and oxygen atoms in total. The van der Waals surface area contributed by atoms with Crippen molar-refractivity contribution < 1.29 is 55.2 Å². The van der Waals surface area contributed by atoms with Crippen LogP contribution >= 0.6 is 15.6 Å². The van der Waals surface area contributed by atoms with Crippen molar-refractivity contribution in [1.29, 1.82) is 0 Å². The minimum Gasteiger partial charge on any atom is -0.368 e. The van der Waals surface area contributed by atoms with Crippen LogP contribution in [0.1, 0.15) is 133 Å². The number of ether oxygens (including phenoxy) is 4. The van der Waals surface area contributed by atoms with E-state index in [1.165, 1.54) is 51.4 Å². The van der Waals surface area contributed by atoms with Gasteiger partial charge in [0, 0.05) is 0 Å². The topological polar surface area (TPSA) is 126 Å². The monoisotopic (exact) mass is 900 g/mol. The van der Waals surface area contributed by atoms with Crippen LogP contribution < -0.4 is 0 Å². The van der Waals surface area contributed by atoms with Crippen LogP contribution in [-0.2, 0) is 75.0 Å². The number of rotatable bonds is 33. The normalized spacial score (nSPS) is 23.3. The summed E-state index contributed by atoms with van der Waals surface area (Å²) in [6.45, 7) is 3.86. The quantitative estimate of drug-likeness (QED) is 0.0426. The first-order chi connectivity index (χ1) is 30.4. The van der Waals surface area contributed by atoms with Crippen molar-refractivity contribution in [1.82, 2.24) is 0 Å². The third-order valence-electron chi connectivity index (χ3n) is 11.5. The van der Waals surface area contributed by atoms with Gasteiger partial charge in [0.1, 0.15) is 36.6 Å². The highest BCUT2D eigenvalue weighted by atomic mass is 31.2. The molecule has 7 atom stereocenters. The van der Waals surface area contributed by atoms with Gasteiger partial charge in [-0.25, -0.2) is 9.13 Å². The van der Waals surface area contributed by atoms with Crippen molar-refractivity contribution in [2.45, 2.75) is 180 Å². The molecule has 3 aromatic carbocycles. The third kappa shape index (κ3) is 15.7. The molecule has 1 saturated carbocycles. The van der Waals surface area contributed by atoms with Crippen LogP contribution in [0.2, 0.25) is 0 Å². The van der Waals surface area contributed by atoms with Gasteiger partial charge in [-0.2, -0.15) is 0 Å². The molecule has 4 fully saturated rings. The summed E-state index contributed by atoms with van der Waals surface area (Å²) in [6.07, 6.45) is 12.0. The Kier molecular flexibility index (Phi) is 21.1. The predicted octanol–water partition coefficient (Wildman–Crippen LogP) is 12.8. The highest BCUT2D eigenvalue weighted by Crippen LogP contribution is 2.59. The van der Waals surface area contributed by atoms with E-state index in [1.54, 1.807) is 0 Å². The number of unbranched alkanes of at least 4 members (excludes halogenated alkanes) is 14. The van der Waals surface area contributed by atoms with Gasteiger partial charge in [0.25, 0.3) is 6.48 Å². The van der Waals surface area contributed by atoms with Gasteiger partial charge in [0.05, 0.1) is 33.0 Å². The van der Waals surface area contributed by atoms with Crippen molar-refractivity contribution in [2.75, 3.05) is 13.2 Å². The molecule has 3 aliphatic heterocycles. The average molecular weight is 901 g/mol. The van der Waals surface area contributed by atoms with Gasteiger partial charge in [0.2, 0.25) is 0 Å². The van der Waals surface area contributed by atoms with Gasteiger partial charge in [0.15, 0.2) is 0 Å². The Morgan fingerprint density at radius 3 is 1.16 bits per heavy atom. The van der Waals surface area contributed by atoms with E-state index >= 15 is 0 Å².